The maximum absolute atomic E-state index is 12.2. The van der Waals surface area contributed by atoms with E-state index in [1.54, 1.807) is 19.1 Å². The van der Waals surface area contributed by atoms with Crippen LogP contribution in [-0.4, -0.2) is 22.5 Å². The Hall–Kier alpha value is -3.41. The molecule has 0 bridgehead atoms. The molecular weight excluding hydrogens is 364 g/mol. The first-order valence-corrected chi connectivity index (χ1v) is 9.72. The molecule has 0 saturated carbocycles. The van der Waals surface area contributed by atoms with E-state index in [0.717, 1.165) is 5.69 Å². The molecule has 1 aromatic heterocycles. The molecule has 0 aliphatic rings. The summed E-state index contributed by atoms with van der Waals surface area (Å²) in [7, 11) is 0. The standard InChI is InChI=1S/C23H26N4O2/c1-5-29-23(28)19-8-6-7-9-20(19)27-22-14-21(24-16(4)25-22)26-18-12-10-17(11-13-18)15(2)3/h6-15H,5H2,1-4H3,(H2,24,25,26,27). The van der Waals surface area contributed by atoms with Crippen LogP contribution in [0.1, 0.15) is 48.4 Å². The lowest BCUT2D eigenvalue weighted by Crippen LogP contribution is -2.09. The van der Waals surface area contributed by atoms with Crippen molar-refractivity contribution in [1.29, 1.82) is 0 Å². The van der Waals surface area contributed by atoms with Gasteiger partial charge in [0.2, 0.25) is 0 Å². The molecule has 0 spiro atoms. The van der Waals surface area contributed by atoms with Gasteiger partial charge in [0, 0.05) is 11.8 Å². The van der Waals surface area contributed by atoms with Gasteiger partial charge in [0.1, 0.15) is 17.5 Å². The van der Waals surface area contributed by atoms with Crippen molar-refractivity contribution >= 4 is 29.0 Å². The summed E-state index contributed by atoms with van der Waals surface area (Å²) < 4.78 is 5.14. The Bertz CT molecular complexity index is 984. The maximum Gasteiger partial charge on any atom is 0.340 e. The van der Waals surface area contributed by atoms with Crippen molar-refractivity contribution < 1.29 is 9.53 Å². The highest BCUT2D eigenvalue weighted by atomic mass is 16.5. The molecule has 0 unspecified atom stereocenters. The van der Waals surface area contributed by atoms with Gasteiger partial charge in [0.05, 0.1) is 17.9 Å². The van der Waals surface area contributed by atoms with Gasteiger partial charge in [-0.05, 0) is 49.6 Å². The highest BCUT2D eigenvalue weighted by Crippen LogP contribution is 2.24. The number of rotatable bonds is 7. The molecule has 6 nitrogen and oxygen atoms in total. The molecule has 1 heterocycles. The molecule has 0 saturated heterocycles. The molecule has 29 heavy (non-hydrogen) atoms. The van der Waals surface area contributed by atoms with Gasteiger partial charge < -0.3 is 15.4 Å². The number of esters is 1. The molecule has 3 aromatic rings. The summed E-state index contributed by atoms with van der Waals surface area (Å²) in [6.45, 7) is 8.27. The first-order valence-electron chi connectivity index (χ1n) is 9.72. The fourth-order valence-corrected chi connectivity index (χ4v) is 2.91. The molecule has 0 amide bonds. The Morgan fingerprint density at radius 1 is 1.00 bits per heavy atom. The van der Waals surface area contributed by atoms with Gasteiger partial charge >= 0.3 is 5.97 Å². The van der Waals surface area contributed by atoms with E-state index in [9.17, 15) is 4.79 Å². The average Bonchev–Trinajstić information content (AvgIpc) is 2.68. The molecule has 2 N–H and O–H groups in total. The minimum Gasteiger partial charge on any atom is -0.462 e. The Labute approximate surface area is 171 Å². The van der Waals surface area contributed by atoms with E-state index in [-0.39, 0.29) is 5.97 Å². The van der Waals surface area contributed by atoms with Crippen LogP contribution in [0, 0.1) is 6.92 Å². The molecule has 2 aromatic carbocycles. The third-order valence-corrected chi connectivity index (χ3v) is 4.37. The number of hydrogen-bond acceptors (Lipinski definition) is 6. The summed E-state index contributed by atoms with van der Waals surface area (Å²) in [6.07, 6.45) is 0. The van der Waals surface area contributed by atoms with E-state index in [4.69, 9.17) is 4.74 Å². The number of nitrogens with one attached hydrogen (secondary N) is 2. The topological polar surface area (TPSA) is 76.1 Å². The summed E-state index contributed by atoms with van der Waals surface area (Å²) in [4.78, 5) is 21.1. The third-order valence-electron chi connectivity index (χ3n) is 4.37. The first-order chi connectivity index (χ1) is 14.0. The molecule has 0 radical (unpaired) electrons. The van der Waals surface area contributed by atoms with E-state index in [0.29, 0.717) is 41.2 Å². The lowest BCUT2D eigenvalue weighted by molar-refractivity contribution is 0.0527. The van der Waals surface area contributed by atoms with Crippen LogP contribution >= 0.6 is 0 Å². The van der Waals surface area contributed by atoms with Gasteiger partial charge in [-0.1, -0.05) is 38.1 Å². The van der Waals surface area contributed by atoms with Crippen molar-refractivity contribution in [3.63, 3.8) is 0 Å². The predicted molar refractivity (Wildman–Crippen MR) is 116 cm³/mol. The van der Waals surface area contributed by atoms with Crippen molar-refractivity contribution in [2.45, 2.75) is 33.6 Å². The number of benzene rings is 2. The van der Waals surface area contributed by atoms with Crippen LogP contribution < -0.4 is 10.6 Å². The number of aryl methyl sites for hydroxylation is 1. The molecule has 3 rings (SSSR count). The van der Waals surface area contributed by atoms with Crippen LogP contribution in [0.15, 0.2) is 54.6 Å². The van der Waals surface area contributed by atoms with Crippen molar-refractivity contribution in [2.24, 2.45) is 0 Å². The van der Waals surface area contributed by atoms with Gasteiger partial charge in [0.25, 0.3) is 0 Å². The van der Waals surface area contributed by atoms with Crippen LogP contribution in [0.25, 0.3) is 0 Å². The lowest BCUT2D eigenvalue weighted by Gasteiger charge is -2.13. The Balaban J connectivity index is 1.82. The van der Waals surface area contributed by atoms with E-state index >= 15 is 0 Å². The van der Waals surface area contributed by atoms with Crippen LogP contribution in [0.2, 0.25) is 0 Å². The van der Waals surface area contributed by atoms with Crippen LogP contribution in [0.4, 0.5) is 23.0 Å². The van der Waals surface area contributed by atoms with E-state index < -0.39 is 0 Å². The van der Waals surface area contributed by atoms with Gasteiger partial charge in [-0.25, -0.2) is 14.8 Å². The fourth-order valence-electron chi connectivity index (χ4n) is 2.91. The second-order valence-corrected chi connectivity index (χ2v) is 6.98. The molecule has 6 heteroatoms. The summed E-state index contributed by atoms with van der Waals surface area (Å²) >= 11 is 0. The number of carbonyl (C=O) groups excluding carboxylic acids is 1. The summed E-state index contributed by atoms with van der Waals surface area (Å²) in [5.41, 5.74) is 3.33. The van der Waals surface area contributed by atoms with Crippen molar-refractivity contribution in [1.82, 2.24) is 9.97 Å². The summed E-state index contributed by atoms with van der Waals surface area (Å²) in [5.74, 6) is 2.00. The quantitative estimate of drug-likeness (QED) is 0.514. The fraction of sp³-hybridized carbons (Fsp3) is 0.261. The molecule has 150 valence electrons. The largest absolute Gasteiger partial charge is 0.462 e. The number of hydrogen-bond donors (Lipinski definition) is 2. The molecule has 0 aliphatic carbocycles. The summed E-state index contributed by atoms with van der Waals surface area (Å²) in [5, 5.41) is 6.52. The lowest BCUT2D eigenvalue weighted by atomic mass is 10.0. The van der Waals surface area contributed by atoms with Gasteiger partial charge in [0.15, 0.2) is 0 Å². The smallest absolute Gasteiger partial charge is 0.340 e. The number of aromatic nitrogens is 2. The number of nitrogens with zero attached hydrogens (tertiary/aromatic N) is 2. The van der Waals surface area contributed by atoms with Crippen LogP contribution in [-0.2, 0) is 4.74 Å². The Morgan fingerprint density at radius 2 is 1.66 bits per heavy atom. The van der Waals surface area contributed by atoms with E-state index in [1.807, 2.05) is 37.3 Å². The van der Waals surface area contributed by atoms with Crippen LogP contribution in [0.5, 0.6) is 0 Å². The normalized spacial score (nSPS) is 10.7. The zero-order chi connectivity index (χ0) is 20.8. The highest BCUT2D eigenvalue weighted by molar-refractivity contribution is 5.96. The number of ether oxygens (including phenoxy) is 1. The Kier molecular flexibility index (Phi) is 6.44. The van der Waals surface area contributed by atoms with Gasteiger partial charge in [-0.2, -0.15) is 0 Å². The van der Waals surface area contributed by atoms with E-state index in [1.165, 1.54) is 5.56 Å². The predicted octanol–water partition coefficient (Wildman–Crippen LogP) is 5.57. The zero-order valence-electron chi connectivity index (χ0n) is 17.2. The Morgan fingerprint density at radius 3 is 2.31 bits per heavy atom. The highest BCUT2D eigenvalue weighted by Gasteiger charge is 2.13. The van der Waals surface area contributed by atoms with Gasteiger partial charge in [-0.15, -0.1) is 0 Å². The molecule has 0 fully saturated rings. The first kappa shape index (κ1) is 20.3. The number of anilines is 4. The van der Waals surface area contributed by atoms with Crippen LogP contribution in [0.3, 0.4) is 0 Å². The van der Waals surface area contributed by atoms with E-state index in [2.05, 4.69) is 46.6 Å². The SMILES string of the molecule is CCOC(=O)c1ccccc1Nc1cc(Nc2ccc(C(C)C)cc2)nc(C)n1. The van der Waals surface area contributed by atoms with Crippen molar-refractivity contribution in [3.05, 3.63) is 71.5 Å². The third kappa shape index (κ3) is 5.31. The molecule has 0 atom stereocenters. The van der Waals surface area contributed by atoms with Crippen molar-refractivity contribution in [2.75, 3.05) is 17.2 Å². The zero-order valence-corrected chi connectivity index (χ0v) is 17.2. The minimum absolute atomic E-state index is 0.323. The van der Waals surface area contributed by atoms with Gasteiger partial charge in [-0.3, -0.25) is 0 Å². The number of carbonyl (C=O) groups is 1. The minimum atomic E-state index is -0.370. The maximum atomic E-state index is 12.2. The monoisotopic (exact) mass is 390 g/mol. The second-order valence-electron chi connectivity index (χ2n) is 6.98. The molecule has 0 aliphatic heterocycles. The second kappa shape index (κ2) is 9.19. The van der Waals surface area contributed by atoms with Crippen molar-refractivity contribution in [3.8, 4) is 0 Å². The number of para-hydroxylation sites is 1. The molecular formula is C23H26N4O2. The average molecular weight is 390 g/mol. The summed E-state index contributed by atoms with van der Waals surface area (Å²) in [6, 6.07) is 17.3.